The van der Waals surface area contributed by atoms with Gasteiger partial charge in [0.25, 0.3) is 0 Å². The lowest BCUT2D eigenvalue weighted by Gasteiger charge is -2.41. The van der Waals surface area contributed by atoms with E-state index in [-0.39, 0.29) is 11.7 Å². The summed E-state index contributed by atoms with van der Waals surface area (Å²) in [4.78, 5) is 11.2. The molecule has 1 saturated heterocycles. The van der Waals surface area contributed by atoms with Gasteiger partial charge in [-0.1, -0.05) is 0 Å². The molecular weight excluding hydrogens is 228 g/mol. The first kappa shape index (κ1) is 13.2. The minimum absolute atomic E-state index is 0.173. The highest BCUT2D eigenvalue weighted by Crippen LogP contribution is 2.24. The molecule has 18 heavy (non-hydrogen) atoms. The summed E-state index contributed by atoms with van der Waals surface area (Å²) in [5.41, 5.74) is 7.33. The van der Waals surface area contributed by atoms with Crippen LogP contribution >= 0.6 is 0 Å². The van der Waals surface area contributed by atoms with E-state index in [9.17, 15) is 0 Å². The summed E-state index contributed by atoms with van der Waals surface area (Å²) in [6.45, 7) is 10.3. The number of ether oxygens (including phenoxy) is 1. The first-order chi connectivity index (χ1) is 8.39. The van der Waals surface area contributed by atoms with E-state index in [0.29, 0.717) is 6.54 Å². The second-order valence-corrected chi connectivity index (χ2v) is 5.57. The van der Waals surface area contributed by atoms with Crippen molar-refractivity contribution in [3.05, 3.63) is 17.5 Å². The number of nitrogens with two attached hydrogens (primary N) is 1. The van der Waals surface area contributed by atoms with Crippen molar-refractivity contribution in [2.45, 2.75) is 45.9 Å². The van der Waals surface area contributed by atoms with E-state index in [1.807, 2.05) is 13.0 Å². The topological polar surface area (TPSA) is 64.3 Å². The molecule has 1 fully saturated rings. The summed E-state index contributed by atoms with van der Waals surface area (Å²) in [6, 6.07) is 1.93. The second kappa shape index (κ2) is 4.82. The molecule has 1 aliphatic rings. The third-order valence-electron chi connectivity index (χ3n) is 2.96. The van der Waals surface area contributed by atoms with Gasteiger partial charge in [-0.15, -0.1) is 0 Å². The molecule has 0 radical (unpaired) electrons. The molecule has 0 aromatic carbocycles. The second-order valence-electron chi connectivity index (χ2n) is 5.57. The molecule has 0 bridgehead atoms. The molecule has 2 N–H and O–H groups in total. The predicted octanol–water partition coefficient (Wildman–Crippen LogP) is 1.25. The Morgan fingerprint density at radius 3 is 2.83 bits per heavy atom. The van der Waals surface area contributed by atoms with Crippen LogP contribution in [0.3, 0.4) is 0 Å². The van der Waals surface area contributed by atoms with E-state index < -0.39 is 0 Å². The van der Waals surface area contributed by atoms with Gasteiger partial charge in [0.2, 0.25) is 5.95 Å². The van der Waals surface area contributed by atoms with E-state index in [0.717, 1.165) is 30.4 Å². The predicted molar refractivity (Wildman–Crippen MR) is 71.5 cm³/mol. The summed E-state index contributed by atoms with van der Waals surface area (Å²) in [5.74, 6) is 0.763. The summed E-state index contributed by atoms with van der Waals surface area (Å²) in [5, 5.41) is 0. The molecule has 2 heterocycles. The van der Waals surface area contributed by atoms with Crippen molar-refractivity contribution < 1.29 is 4.74 Å². The van der Waals surface area contributed by atoms with Crippen molar-refractivity contribution in [3.8, 4) is 0 Å². The molecule has 0 saturated carbocycles. The maximum absolute atomic E-state index is 5.89. The molecule has 5 nitrogen and oxygen atoms in total. The Kier molecular flexibility index (Phi) is 3.54. The molecule has 1 aliphatic heterocycles. The van der Waals surface area contributed by atoms with Crippen LogP contribution in [0.2, 0.25) is 0 Å². The molecule has 0 amide bonds. The highest BCUT2D eigenvalue weighted by Gasteiger charge is 2.32. The van der Waals surface area contributed by atoms with Gasteiger partial charge < -0.3 is 15.4 Å². The quantitative estimate of drug-likeness (QED) is 0.855. The molecule has 1 atom stereocenters. The Balaban J connectivity index is 2.27. The van der Waals surface area contributed by atoms with Crippen molar-refractivity contribution in [1.82, 2.24) is 9.97 Å². The van der Waals surface area contributed by atoms with Crippen LogP contribution in [0, 0.1) is 6.92 Å². The smallest absolute Gasteiger partial charge is 0.226 e. The van der Waals surface area contributed by atoms with Gasteiger partial charge in [0.15, 0.2) is 0 Å². The molecule has 5 heteroatoms. The summed E-state index contributed by atoms with van der Waals surface area (Å²) in [7, 11) is 0. The van der Waals surface area contributed by atoms with Crippen molar-refractivity contribution in [1.29, 1.82) is 0 Å². The molecule has 0 aliphatic carbocycles. The Hall–Kier alpha value is -1.20. The molecule has 1 unspecified atom stereocenters. The average molecular weight is 250 g/mol. The van der Waals surface area contributed by atoms with Crippen molar-refractivity contribution in [2.75, 3.05) is 18.0 Å². The first-order valence-corrected chi connectivity index (χ1v) is 6.37. The van der Waals surface area contributed by atoms with Gasteiger partial charge in [0.05, 0.1) is 17.4 Å². The minimum atomic E-state index is -0.173. The Labute approximate surface area is 108 Å². The van der Waals surface area contributed by atoms with E-state index in [1.165, 1.54) is 0 Å². The van der Waals surface area contributed by atoms with Crippen molar-refractivity contribution in [3.63, 3.8) is 0 Å². The standard InChI is InChI=1S/C13H22N4O/c1-9-5-11(6-14)16-12(15-9)17-7-10(2)18-13(3,4)8-17/h5,10H,6-8,14H2,1-4H3. The lowest BCUT2D eigenvalue weighted by atomic mass is 10.1. The minimum Gasteiger partial charge on any atom is -0.369 e. The largest absolute Gasteiger partial charge is 0.369 e. The van der Waals surface area contributed by atoms with Gasteiger partial charge in [0.1, 0.15) is 0 Å². The number of anilines is 1. The summed E-state index contributed by atoms with van der Waals surface area (Å²) >= 11 is 0. The van der Waals surface area contributed by atoms with Crippen molar-refractivity contribution >= 4 is 5.95 Å². The molecular formula is C13H22N4O. The Bertz CT molecular complexity index is 433. The molecule has 100 valence electrons. The lowest BCUT2D eigenvalue weighted by Crippen LogP contribution is -2.52. The monoisotopic (exact) mass is 250 g/mol. The van der Waals surface area contributed by atoms with Crippen molar-refractivity contribution in [2.24, 2.45) is 5.73 Å². The normalized spacial score (nSPS) is 23.2. The highest BCUT2D eigenvalue weighted by atomic mass is 16.5. The fraction of sp³-hybridized carbons (Fsp3) is 0.692. The molecule has 1 aromatic rings. The molecule has 1 aromatic heterocycles. The summed E-state index contributed by atoms with van der Waals surface area (Å²) < 4.78 is 5.89. The number of aryl methyl sites for hydroxylation is 1. The van der Waals surface area contributed by atoms with Gasteiger partial charge in [-0.2, -0.15) is 0 Å². The highest BCUT2D eigenvalue weighted by molar-refractivity contribution is 5.34. The van der Waals surface area contributed by atoms with Crippen LogP contribution < -0.4 is 10.6 Å². The van der Waals surface area contributed by atoms with E-state index in [1.54, 1.807) is 0 Å². The van der Waals surface area contributed by atoms with Crippen LogP contribution in [0.15, 0.2) is 6.07 Å². The number of hydrogen-bond donors (Lipinski definition) is 1. The Morgan fingerprint density at radius 2 is 2.22 bits per heavy atom. The van der Waals surface area contributed by atoms with Crippen LogP contribution in [-0.4, -0.2) is 34.8 Å². The number of nitrogens with zero attached hydrogens (tertiary/aromatic N) is 3. The van der Waals surface area contributed by atoms with Crippen LogP contribution in [0.1, 0.15) is 32.2 Å². The van der Waals surface area contributed by atoms with Gasteiger partial charge in [-0.25, -0.2) is 9.97 Å². The average Bonchev–Trinajstić information content (AvgIpc) is 2.25. The fourth-order valence-corrected chi connectivity index (χ4v) is 2.47. The van der Waals surface area contributed by atoms with Crippen LogP contribution in [0.5, 0.6) is 0 Å². The van der Waals surface area contributed by atoms with Gasteiger partial charge >= 0.3 is 0 Å². The Morgan fingerprint density at radius 1 is 1.50 bits per heavy atom. The fourth-order valence-electron chi connectivity index (χ4n) is 2.47. The van der Waals surface area contributed by atoms with Gasteiger partial charge in [-0.05, 0) is 33.8 Å². The van der Waals surface area contributed by atoms with E-state index in [2.05, 4.69) is 35.6 Å². The van der Waals surface area contributed by atoms with E-state index in [4.69, 9.17) is 10.5 Å². The number of hydrogen-bond acceptors (Lipinski definition) is 5. The zero-order chi connectivity index (χ0) is 13.3. The third kappa shape index (κ3) is 2.97. The SMILES string of the molecule is Cc1cc(CN)nc(N2CC(C)OC(C)(C)C2)n1. The number of morpholine rings is 1. The number of aromatic nitrogens is 2. The number of rotatable bonds is 2. The van der Waals surface area contributed by atoms with Gasteiger partial charge in [0, 0.05) is 25.3 Å². The van der Waals surface area contributed by atoms with Crippen LogP contribution in [-0.2, 0) is 11.3 Å². The maximum atomic E-state index is 5.89. The zero-order valence-corrected chi connectivity index (χ0v) is 11.6. The lowest BCUT2D eigenvalue weighted by molar-refractivity contribution is -0.0754. The molecule has 0 spiro atoms. The van der Waals surface area contributed by atoms with Gasteiger partial charge in [-0.3, -0.25) is 0 Å². The van der Waals surface area contributed by atoms with Crippen LogP contribution in [0.4, 0.5) is 5.95 Å². The third-order valence-corrected chi connectivity index (χ3v) is 2.96. The van der Waals surface area contributed by atoms with E-state index >= 15 is 0 Å². The van der Waals surface area contributed by atoms with Crippen LogP contribution in [0.25, 0.3) is 0 Å². The first-order valence-electron chi connectivity index (χ1n) is 6.37. The summed E-state index contributed by atoms with van der Waals surface area (Å²) in [6.07, 6.45) is 0.180. The maximum Gasteiger partial charge on any atom is 0.226 e. The zero-order valence-electron chi connectivity index (χ0n) is 11.6. The molecule has 2 rings (SSSR count).